The van der Waals surface area contributed by atoms with E-state index < -0.39 is 11.4 Å². The third-order valence-electron chi connectivity index (χ3n) is 3.98. The molecule has 2 rings (SSSR count). The van der Waals surface area contributed by atoms with Crippen LogP contribution in [0.25, 0.3) is 0 Å². The Morgan fingerprint density at radius 2 is 2.16 bits per heavy atom. The molecule has 0 spiro atoms. The molecule has 0 aromatic heterocycles. The monoisotopic (exact) mass is 279 g/mol. The van der Waals surface area contributed by atoms with E-state index in [1.165, 1.54) is 4.90 Å². The minimum atomic E-state index is -0.631. The highest BCUT2D eigenvalue weighted by Crippen LogP contribution is 2.34. The number of likely N-dealkylation sites (tertiary alicyclic amines) is 1. The Kier molecular flexibility index (Phi) is 4.88. The van der Waals surface area contributed by atoms with Crippen LogP contribution in [0.2, 0.25) is 0 Å². The van der Waals surface area contributed by atoms with Crippen LogP contribution in [0, 0.1) is 5.41 Å². The summed E-state index contributed by atoms with van der Waals surface area (Å²) in [6, 6.07) is 10.3. The number of carbonyl (C=O) groups is 1. The van der Waals surface area contributed by atoms with Gasteiger partial charge in [-0.1, -0.05) is 25.1 Å². The molecule has 0 amide bonds. The largest absolute Gasteiger partial charge is 0.481 e. The Labute approximate surface area is 119 Å². The normalized spacial score (nSPS) is 23.6. The van der Waals surface area contributed by atoms with Crippen LogP contribution in [0.3, 0.4) is 0 Å². The average Bonchev–Trinajstić information content (AvgIpc) is 2.85. The van der Waals surface area contributed by atoms with E-state index in [4.69, 9.17) is 0 Å². The van der Waals surface area contributed by atoms with Gasteiger partial charge in [0.2, 0.25) is 0 Å². The quantitative estimate of drug-likeness (QED) is 0.813. The molecule has 0 saturated carbocycles. The molecule has 1 saturated heterocycles. The minimum Gasteiger partial charge on any atom is -0.481 e. The van der Waals surface area contributed by atoms with E-state index in [0.717, 1.165) is 31.7 Å². The van der Waals surface area contributed by atoms with E-state index in [-0.39, 0.29) is 0 Å². The fourth-order valence-electron chi connectivity index (χ4n) is 2.57. The second kappa shape index (κ2) is 6.44. The van der Waals surface area contributed by atoms with Gasteiger partial charge in [0.1, 0.15) is 0 Å². The van der Waals surface area contributed by atoms with Gasteiger partial charge in [-0.3, -0.25) is 4.79 Å². The van der Waals surface area contributed by atoms with Crippen LogP contribution >= 0.6 is 11.8 Å². The summed E-state index contributed by atoms with van der Waals surface area (Å²) in [5, 5.41) is 9.35. The number of hydrogen-bond acceptors (Lipinski definition) is 3. The second-order valence-electron chi connectivity index (χ2n) is 5.13. The number of hydrogen-bond donors (Lipinski definition) is 1. The fourth-order valence-corrected chi connectivity index (χ4v) is 3.51. The maximum Gasteiger partial charge on any atom is 0.310 e. The second-order valence-corrected chi connectivity index (χ2v) is 6.30. The molecule has 1 N–H and O–H groups in total. The van der Waals surface area contributed by atoms with Crippen LogP contribution in [-0.4, -0.2) is 41.4 Å². The van der Waals surface area contributed by atoms with Crippen LogP contribution in [0.1, 0.15) is 19.8 Å². The molecule has 19 heavy (non-hydrogen) atoms. The van der Waals surface area contributed by atoms with E-state index >= 15 is 0 Å². The molecule has 1 atom stereocenters. The molecule has 0 radical (unpaired) electrons. The first kappa shape index (κ1) is 14.4. The van der Waals surface area contributed by atoms with Gasteiger partial charge >= 0.3 is 5.97 Å². The summed E-state index contributed by atoms with van der Waals surface area (Å²) in [7, 11) is 0. The Morgan fingerprint density at radius 1 is 1.42 bits per heavy atom. The Hall–Kier alpha value is -1.00. The van der Waals surface area contributed by atoms with E-state index in [2.05, 4.69) is 17.0 Å². The van der Waals surface area contributed by atoms with Crippen LogP contribution in [0.15, 0.2) is 35.2 Å². The van der Waals surface area contributed by atoms with Gasteiger partial charge in [-0.15, -0.1) is 11.8 Å². The predicted molar refractivity (Wildman–Crippen MR) is 78.6 cm³/mol. The third-order valence-corrected chi connectivity index (χ3v) is 4.97. The number of carboxylic acids is 1. The summed E-state index contributed by atoms with van der Waals surface area (Å²) >= 11 is 1.83. The van der Waals surface area contributed by atoms with Gasteiger partial charge in [-0.05, 0) is 31.5 Å². The molecular weight excluding hydrogens is 258 g/mol. The lowest BCUT2D eigenvalue weighted by atomic mass is 9.84. The summed E-state index contributed by atoms with van der Waals surface area (Å²) in [5.74, 6) is 0.386. The van der Waals surface area contributed by atoms with Gasteiger partial charge in [0.15, 0.2) is 0 Å². The standard InChI is InChI=1S/C15H21NO2S/c1-2-15(14(17)18)8-9-16(12-15)10-11-19-13-6-4-3-5-7-13/h3-7H,2,8-12H2,1H3,(H,17,18). The zero-order chi connectivity index (χ0) is 13.7. The van der Waals surface area contributed by atoms with Crippen molar-refractivity contribution in [1.29, 1.82) is 0 Å². The number of benzene rings is 1. The molecular formula is C15H21NO2S. The van der Waals surface area contributed by atoms with Gasteiger partial charge < -0.3 is 10.0 Å². The lowest BCUT2D eigenvalue weighted by Gasteiger charge is -2.23. The molecule has 4 heteroatoms. The molecule has 104 valence electrons. The summed E-state index contributed by atoms with van der Waals surface area (Å²) in [5.41, 5.74) is -0.503. The number of rotatable bonds is 6. The number of thioether (sulfide) groups is 1. The lowest BCUT2D eigenvalue weighted by molar-refractivity contribution is -0.148. The SMILES string of the molecule is CCC1(C(=O)O)CCN(CCSc2ccccc2)C1. The lowest BCUT2D eigenvalue weighted by Crippen LogP contribution is -2.34. The Morgan fingerprint density at radius 3 is 2.74 bits per heavy atom. The highest BCUT2D eigenvalue weighted by Gasteiger charge is 2.42. The maximum atomic E-state index is 11.4. The van der Waals surface area contributed by atoms with Crippen molar-refractivity contribution in [2.75, 3.05) is 25.4 Å². The Balaban J connectivity index is 1.78. The smallest absolute Gasteiger partial charge is 0.310 e. The fraction of sp³-hybridized carbons (Fsp3) is 0.533. The summed E-state index contributed by atoms with van der Waals surface area (Å²) in [4.78, 5) is 14.9. The molecule has 0 bridgehead atoms. The van der Waals surface area contributed by atoms with Crippen molar-refractivity contribution in [3.8, 4) is 0 Å². The van der Waals surface area contributed by atoms with Gasteiger partial charge in [-0.25, -0.2) is 0 Å². The first-order chi connectivity index (χ1) is 9.16. The summed E-state index contributed by atoms with van der Waals surface area (Å²) < 4.78 is 0. The average molecular weight is 279 g/mol. The molecule has 3 nitrogen and oxygen atoms in total. The number of carboxylic acid groups (broad SMARTS) is 1. The molecule has 1 aromatic carbocycles. The first-order valence-electron chi connectivity index (χ1n) is 6.80. The Bertz CT molecular complexity index is 423. The highest BCUT2D eigenvalue weighted by atomic mass is 32.2. The van der Waals surface area contributed by atoms with Crippen molar-refractivity contribution in [3.63, 3.8) is 0 Å². The van der Waals surface area contributed by atoms with E-state index in [9.17, 15) is 9.90 Å². The van der Waals surface area contributed by atoms with Crippen molar-refractivity contribution in [2.45, 2.75) is 24.7 Å². The van der Waals surface area contributed by atoms with E-state index in [1.807, 2.05) is 36.9 Å². The first-order valence-corrected chi connectivity index (χ1v) is 7.78. The number of nitrogens with zero attached hydrogens (tertiary/aromatic N) is 1. The van der Waals surface area contributed by atoms with Crippen molar-refractivity contribution < 1.29 is 9.90 Å². The molecule has 1 aliphatic rings. The van der Waals surface area contributed by atoms with Crippen molar-refractivity contribution in [2.24, 2.45) is 5.41 Å². The van der Waals surface area contributed by atoms with Crippen LogP contribution in [0.5, 0.6) is 0 Å². The molecule has 1 aromatic rings. The van der Waals surface area contributed by atoms with Crippen LogP contribution in [0.4, 0.5) is 0 Å². The van der Waals surface area contributed by atoms with Gasteiger partial charge in [0.05, 0.1) is 5.41 Å². The van der Waals surface area contributed by atoms with Crippen molar-refractivity contribution in [3.05, 3.63) is 30.3 Å². The van der Waals surface area contributed by atoms with Crippen LogP contribution < -0.4 is 0 Å². The van der Waals surface area contributed by atoms with Gasteiger partial charge in [-0.2, -0.15) is 0 Å². The maximum absolute atomic E-state index is 11.4. The molecule has 1 fully saturated rings. The van der Waals surface area contributed by atoms with Crippen molar-refractivity contribution >= 4 is 17.7 Å². The predicted octanol–water partition coefficient (Wildman–Crippen LogP) is 2.97. The van der Waals surface area contributed by atoms with Crippen molar-refractivity contribution in [1.82, 2.24) is 4.90 Å². The minimum absolute atomic E-state index is 0.503. The van der Waals surface area contributed by atoms with Gasteiger partial charge in [0, 0.05) is 23.7 Å². The summed E-state index contributed by atoms with van der Waals surface area (Å²) in [6.45, 7) is 4.56. The van der Waals surface area contributed by atoms with E-state index in [0.29, 0.717) is 6.54 Å². The van der Waals surface area contributed by atoms with E-state index in [1.54, 1.807) is 0 Å². The summed E-state index contributed by atoms with van der Waals surface area (Å²) in [6.07, 6.45) is 1.51. The highest BCUT2D eigenvalue weighted by molar-refractivity contribution is 7.99. The third kappa shape index (κ3) is 3.51. The molecule has 1 unspecified atom stereocenters. The van der Waals surface area contributed by atoms with Crippen LogP contribution in [-0.2, 0) is 4.79 Å². The zero-order valence-corrected chi connectivity index (χ0v) is 12.2. The number of aliphatic carboxylic acids is 1. The zero-order valence-electron chi connectivity index (χ0n) is 11.3. The topological polar surface area (TPSA) is 40.5 Å². The molecule has 1 heterocycles. The molecule has 1 aliphatic heterocycles. The molecule has 0 aliphatic carbocycles. The van der Waals surface area contributed by atoms with Gasteiger partial charge in [0.25, 0.3) is 0 Å².